The molecule has 80 valence electrons. The summed E-state index contributed by atoms with van der Waals surface area (Å²) in [6.07, 6.45) is 3.52. The lowest BCUT2D eigenvalue weighted by atomic mass is 9.72. The van der Waals surface area contributed by atoms with Crippen LogP contribution in [0.25, 0.3) is 0 Å². The molecule has 0 aromatic heterocycles. The van der Waals surface area contributed by atoms with Crippen LogP contribution in [0.15, 0.2) is 0 Å². The summed E-state index contributed by atoms with van der Waals surface area (Å²) in [5.74, 6) is 1.20. The third-order valence-corrected chi connectivity index (χ3v) is 4.25. The Morgan fingerprint density at radius 3 is 2.36 bits per heavy atom. The summed E-state index contributed by atoms with van der Waals surface area (Å²) < 4.78 is 0. The summed E-state index contributed by atoms with van der Waals surface area (Å²) in [6, 6.07) is 0. The standard InChI is InChI=1S/C12H20O2/c1-12(2,3)7-4-5-8-9(6-7)10(8)11(13)14/h7-10H,4-6H2,1-3H3,(H,13,14)/t7?,8-,9+,10?/m0/s1. The van der Waals surface area contributed by atoms with Crippen LogP contribution in [-0.4, -0.2) is 11.1 Å². The van der Waals surface area contributed by atoms with E-state index in [0.29, 0.717) is 17.3 Å². The predicted molar refractivity (Wildman–Crippen MR) is 54.9 cm³/mol. The van der Waals surface area contributed by atoms with Gasteiger partial charge in [0.2, 0.25) is 0 Å². The van der Waals surface area contributed by atoms with Crippen molar-refractivity contribution in [1.82, 2.24) is 0 Å². The highest BCUT2D eigenvalue weighted by Crippen LogP contribution is 2.59. The van der Waals surface area contributed by atoms with Crippen LogP contribution in [0, 0.1) is 29.1 Å². The van der Waals surface area contributed by atoms with Crippen LogP contribution in [0.5, 0.6) is 0 Å². The quantitative estimate of drug-likeness (QED) is 0.700. The van der Waals surface area contributed by atoms with Gasteiger partial charge in [-0.3, -0.25) is 4.79 Å². The van der Waals surface area contributed by atoms with E-state index in [2.05, 4.69) is 20.8 Å². The Morgan fingerprint density at radius 1 is 1.21 bits per heavy atom. The second kappa shape index (κ2) is 2.98. The van der Waals surface area contributed by atoms with Crippen molar-refractivity contribution in [3.8, 4) is 0 Å². The van der Waals surface area contributed by atoms with Crippen LogP contribution in [0.3, 0.4) is 0 Å². The van der Waals surface area contributed by atoms with E-state index in [4.69, 9.17) is 5.11 Å². The first-order valence-corrected chi connectivity index (χ1v) is 5.64. The fraction of sp³-hybridized carbons (Fsp3) is 0.917. The second-order valence-corrected chi connectivity index (χ2v) is 6.07. The zero-order valence-electron chi connectivity index (χ0n) is 9.29. The number of hydrogen-bond donors (Lipinski definition) is 1. The van der Waals surface area contributed by atoms with E-state index >= 15 is 0 Å². The number of fused-ring (bicyclic) bond motifs is 1. The average Bonchev–Trinajstić information content (AvgIpc) is 2.74. The summed E-state index contributed by atoms with van der Waals surface area (Å²) in [7, 11) is 0. The largest absolute Gasteiger partial charge is 0.481 e. The average molecular weight is 196 g/mol. The minimum atomic E-state index is -0.561. The van der Waals surface area contributed by atoms with Crippen molar-refractivity contribution in [2.75, 3.05) is 0 Å². The predicted octanol–water partition coefficient (Wildman–Crippen LogP) is 2.78. The Balaban J connectivity index is 1.98. The lowest BCUT2D eigenvalue weighted by Crippen LogP contribution is -2.23. The lowest BCUT2D eigenvalue weighted by Gasteiger charge is -2.33. The molecule has 2 fully saturated rings. The molecule has 0 heterocycles. The molecule has 2 rings (SSSR count). The fourth-order valence-corrected chi connectivity index (χ4v) is 3.15. The van der Waals surface area contributed by atoms with Gasteiger partial charge in [0, 0.05) is 0 Å². The first-order valence-electron chi connectivity index (χ1n) is 5.64. The van der Waals surface area contributed by atoms with Crippen LogP contribution in [0.2, 0.25) is 0 Å². The Labute approximate surface area is 85.7 Å². The number of aliphatic carboxylic acids is 1. The molecule has 0 aromatic carbocycles. The summed E-state index contributed by atoms with van der Waals surface area (Å²) >= 11 is 0. The number of hydrogen-bond acceptors (Lipinski definition) is 1. The number of rotatable bonds is 1. The number of carboxylic acids is 1. The molecule has 0 aromatic rings. The molecule has 4 atom stereocenters. The molecule has 2 saturated carbocycles. The van der Waals surface area contributed by atoms with E-state index in [9.17, 15) is 4.79 Å². The first-order chi connectivity index (χ1) is 6.41. The van der Waals surface area contributed by atoms with E-state index in [0.717, 1.165) is 18.8 Å². The molecular formula is C12H20O2. The monoisotopic (exact) mass is 196 g/mol. The molecule has 2 unspecified atom stereocenters. The summed E-state index contributed by atoms with van der Waals surface area (Å²) in [4.78, 5) is 10.9. The first kappa shape index (κ1) is 10.0. The van der Waals surface area contributed by atoms with Gasteiger partial charge in [-0.25, -0.2) is 0 Å². The van der Waals surface area contributed by atoms with Crippen LogP contribution in [0.1, 0.15) is 40.0 Å². The van der Waals surface area contributed by atoms with Gasteiger partial charge in [0.1, 0.15) is 0 Å². The zero-order chi connectivity index (χ0) is 10.5. The van der Waals surface area contributed by atoms with Gasteiger partial charge in [-0.2, -0.15) is 0 Å². The van der Waals surface area contributed by atoms with Crippen LogP contribution >= 0.6 is 0 Å². The molecule has 14 heavy (non-hydrogen) atoms. The Hall–Kier alpha value is -0.530. The van der Waals surface area contributed by atoms with E-state index in [-0.39, 0.29) is 5.92 Å². The highest BCUT2D eigenvalue weighted by molar-refractivity contribution is 5.74. The van der Waals surface area contributed by atoms with E-state index in [1.807, 2.05) is 0 Å². The highest BCUT2D eigenvalue weighted by atomic mass is 16.4. The molecule has 0 bridgehead atoms. The van der Waals surface area contributed by atoms with Crippen LogP contribution in [-0.2, 0) is 4.79 Å². The SMILES string of the molecule is CC(C)(C)C1CC[C@@H]2C(C(=O)O)[C@@H]2C1. The molecule has 0 saturated heterocycles. The van der Waals surface area contributed by atoms with Crippen LogP contribution in [0.4, 0.5) is 0 Å². The maximum absolute atomic E-state index is 10.9. The smallest absolute Gasteiger partial charge is 0.307 e. The molecule has 2 nitrogen and oxygen atoms in total. The molecule has 0 amide bonds. The molecule has 1 N–H and O–H groups in total. The van der Waals surface area contributed by atoms with Gasteiger partial charge in [0.25, 0.3) is 0 Å². The molecule has 2 heteroatoms. The van der Waals surface area contributed by atoms with Gasteiger partial charge in [-0.15, -0.1) is 0 Å². The highest BCUT2D eigenvalue weighted by Gasteiger charge is 2.57. The molecule has 2 aliphatic rings. The van der Waals surface area contributed by atoms with Gasteiger partial charge in [-0.1, -0.05) is 20.8 Å². The molecule has 0 radical (unpaired) electrons. The number of carboxylic acid groups (broad SMARTS) is 1. The Kier molecular flexibility index (Phi) is 2.13. The fourth-order valence-electron chi connectivity index (χ4n) is 3.15. The van der Waals surface area contributed by atoms with Gasteiger partial charge in [-0.05, 0) is 42.4 Å². The minimum absolute atomic E-state index is 0.00218. The Morgan fingerprint density at radius 2 is 1.86 bits per heavy atom. The normalized spacial score (nSPS) is 41.6. The Bertz CT molecular complexity index is 252. The summed E-state index contributed by atoms with van der Waals surface area (Å²) in [5.41, 5.74) is 0.358. The van der Waals surface area contributed by atoms with Crippen molar-refractivity contribution in [2.45, 2.75) is 40.0 Å². The van der Waals surface area contributed by atoms with E-state index in [1.165, 1.54) is 6.42 Å². The maximum Gasteiger partial charge on any atom is 0.307 e. The number of carbonyl (C=O) groups is 1. The lowest BCUT2D eigenvalue weighted by molar-refractivity contribution is -0.139. The summed E-state index contributed by atoms with van der Waals surface area (Å²) in [5, 5.41) is 8.97. The van der Waals surface area contributed by atoms with Gasteiger partial charge in [0.15, 0.2) is 0 Å². The maximum atomic E-state index is 10.9. The van der Waals surface area contributed by atoms with Crippen molar-refractivity contribution in [3.63, 3.8) is 0 Å². The molecule has 0 spiro atoms. The topological polar surface area (TPSA) is 37.3 Å². The van der Waals surface area contributed by atoms with Crippen molar-refractivity contribution in [2.24, 2.45) is 29.1 Å². The third kappa shape index (κ3) is 1.55. The van der Waals surface area contributed by atoms with Gasteiger partial charge < -0.3 is 5.11 Å². The molecule has 2 aliphatic carbocycles. The second-order valence-electron chi connectivity index (χ2n) is 6.07. The third-order valence-electron chi connectivity index (χ3n) is 4.25. The van der Waals surface area contributed by atoms with Crippen molar-refractivity contribution >= 4 is 5.97 Å². The molecular weight excluding hydrogens is 176 g/mol. The minimum Gasteiger partial charge on any atom is -0.481 e. The van der Waals surface area contributed by atoms with E-state index in [1.54, 1.807) is 0 Å². The van der Waals surface area contributed by atoms with Gasteiger partial charge in [0.05, 0.1) is 5.92 Å². The molecule has 0 aliphatic heterocycles. The zero-order valence-corrected chi connectivity index (χ0v) is 9.29. The van der Waals surface area contributed by atoms with Crippen LogP contribution < -0.4 is 0 Å². The summed E-state index contributed by atoms with van der Waals surface area (Å²) in [6.45, 7) is 6.82. The van der Waals surface area contributed by atoms with Crippen molar-refractivity contribution < 1.29 is 9.90 Å². The van der Waals surface area contributed by atoms with Crippen molar-refractivity contribution in [1.29, 1.82) is 0 Å². The van der Waals surface area contributed by atoms with Crippen molar-refractivity contribution in [3.05, 3.63) is 0 Å². The van der Waals surface area contributed by atoms with Gasteiger partial charge >= 0.3 is 5.97 Å². The van der Waals surface area contributed by atoms with E-state index < -0.39 is 5.97 Å².